The molecule has 2 heterocycles. The van der Waals surface area contributed by atoms with Crippen LogP contribution in [-0.4, -0.2) is 36.7 Å². The number of rotatable bonds is 3. The third kappa shape index (κ3) is 2.97. The maximum Gasteiger partial charge on any atom is 0.310 e. The van der Waals surface area contributed by atoms with Gasteiger partial charge in [-0.1, -0.05) is 35.8 Å². The fourth-order valence-electron chi connectivity index (χ4n) is 3.70. The highest BCUT2D eigenvalue weighted by Crippen LogP contribution is 2.43. The lowest BCUT2D eigenvalue weighted by Crippen LogP contribution is -2.43. The van der Waals surface area contributed by atoms with Gasteiger partial charge >= 0.3 is 5.97 Å². The molecule has 0 radical (unpaired) electrons. The van der Waals surface area contributed by atoms with Crippen molar-refractivity contribution in [2.75, 3.05) is 24.7 Å². The Bertz CT molecular complexity index is 680. The smallest absolute Gasteiger partial charge is 0.310 e. The predicted octanol–water partition coefficient (Wildman–Crippen LogP) is 3.34. The van der Waals surface area contributed by atoms with E-state index in [2.05, 4.69) is 29.8 Å². The first-order valence-electron chi connectivity index (χ1n) is 8.17. The maximum atomic E-state index is 13.0. The Hall–Kier alpha value is -1.40. The summed E-state index contributed by atoms with van der Waals surface area (Å²) >= 11 is 3.46. The number of hydrogen-bond donors (Lipinski definition) is 1. The minimum atomic E-state index is -1.01. The molecular weight excluding hydrogens is 374 g/mol. The van der Waals surface area contributed by atoms with Crippen molar-refractivity contribution in [3.05, 3.63) is 28.2 Å². The molecule has 0 unspecified atom stereocenters. The fourth-order valence-corrected chi connectivity index (χ4v) is 4.05. The topological polar surface area (TPSA) is 66.8 Å². The molecule has 1 amide bonds. The highest BCUT2D eigenvalue weighted by molar-refractivity contribution is 9.10. The predicted molar refractivity (Wildman–Crippen MR) is 94.3 cm³/mol. The Kier molecular flexibility index (Phi) is 4.47. The van der Waals surface area contributed by atoms with Crippen molar-refractivity contribution >= 4 is 33.5 Å². The lowest BCUT2D eigenvalue weighted by molar-refractivity contribution is -0.157. The maximum absolute atomic E-state index is 13.0. The summed E-state index contributed by atoms with van der Waals surface area (Å²) in [4.78, 5) is 26.6. The van der Waals surface area contributed by atoms with Gasteiger partial charge in [0.1, 0.15) is 0 Å². The fraction of sp³-hybridized carbons (Fsp3) is 0.556. The van der Waals surface area contributed by atoms with Crippen molar-refractivity contribution in [1.82, 2.24) is 0 Å². The zero-order valence-corrected chi connectivity index (χ0v) is 15.6. The van der Waals surface area contributed by atoms with Crippen LogP contribution in [0.2, 0.25) is 0 Å². The molecule has 2 aliphatic heterocycles. The summed E-state index contributed by atoms with van der Waals surface area (Å²) in [6.07, 6.45) is 0.793. The first-order valence-corrected chi connectivity index (χ1v) is 8.96. The molecule has 3 rings (SSSR count). The Morgan fingerprint density at radius 3 is 2.58 bits per heavy atom. The average molecular weight is 396 g/mol. The lowest BCUT2D eigenvalue weighted by Gasteiger charge is -2.34. The molecule has 0 spiro atoms. The molecule has 1 aromatic rings. The second-order valence-corrected chi connectivity index (χ2v) is 8.32. The standard InChI is InChI=1S/C18H22BrNO4/c1-17(2)11-20(14-9-12(19)3-4-13(14)17)15(21)10-18(16(22)23)5-7-24-8-6-18/h3-4,9H,5-8,10-11H2,1-2H3,(H,22,23). The van der Waals surface area contributed by atoms with Gasteiger partial charge in [-0.25, -0.2) is 0 Å². The van der Waals surface area contributed by atoms with Gasteiger partial charge < -0.3 is 14.7 Å². The number of benzene rings is 1. The van der Waals surface area contributed by atoms with Crippen LogP contribution in [0.5, 0.6) is 0 Å². The van der Waals surface area contributed by atoms with Crippen LogP contribution >= 0.6 is 15.9 Å². The molecule has 0 atom stereocenters. The van der Waals surface area contributed by atoms with Crippen molar-refractivity contribution in [2.24, 2.45) is 5.41 Å². The van der Waals surface area contributed by atoms with Crippen LogP contribution in [0.4, 0.5) is 5.69 Å². The molecular formula is C18H22BrNO4. The number of carbonyl (C=O) groups excluding carboxylic acids is 1. The second kappa shape index (κ2) is 6.15. The summed E-state index contributed by atoms with van der Waals surface area (Å²) in [6.45, 7) is 5.58. The summed E-state index contributed by atoms with van der Waals surface area (Å²) < 4.78 is 6.21. The van der Waals surface area contributed by atoms with Gasteiger partial charge in [0.25, 0.3) is 0 Å². The van der Waals surface area contributed by atoms with E-state index in [0.29, 0.717) is 32.6 Å². The Labute approximate surface area is 150 Å². The molecule has 1 fully saturated rings. The Balaban J connectivity index is 1.89. The highest BCUT2D eigenvalue weighted by atomic mass is 79.9. The van der Waals surface area contributed by atoms with Crippen LogP contribution in [0.3, 0.4) is 0 Å². The first kappa shape index (κ1) is 17.4. The van der Waals surface area contributed by atoms with Crippen LogP contribution in [0.1, 0.15) is 38.7 Å². The Morgan fingerprint density at radius 2 is 1.96 bits per heavy atom. The largest absolute Gasteiger partial charge is 0.481 e. The van der Waals surface area contributed by atoms with E-state index in [1.165, 1.54) is 0 Å². The molecule has 0 bridgehead atoms. The number of carboxylic acids is 1. The normalized spacial score (nSPS) is 21.4. The van der Waals surface area contributed by atoms with E-state index in [1.54, 1.807) is 4.90 Å². The summed E-state index contributed by atoms with van der Waals surface area (Å²) in [5.74, 6) is -1.02. The molecule has 5 nitrogen and oxygen atoms in total. The van der Waals surface area contributed by atoms with E-state index in [4.69, 9.17) is 4.74 Å². The van der Waals surface area contributed by atoms with Gasteiger partial charge in [-0.2, -0.15) is 0 Å². The van der Waals surface area contributed by atoms with Crippen molar-refractivity contribution in [3.8, 4) is 0 Å². The van der Waals surface area contributed by atoms with E-state index >= 15 is 0 Å². The van der Waals surface area contributed by atoms with Gasteiger partial charge in [0.15, 0.2) is 0 Å². The zero-order chi connectivity index (χ0) is 17.5. The van der Waals surface area contributed by atoms with E-state index in [-0.39, 0.29) is 17.7 Å². The van der Waals surface area contributed by atoms with Gasteiger partial charge in [0, 0.05) is 41.8 Å². The quantitative estimate of drug-likeness (QED) is 0.851. The van der Waals surface area contributed by atoms with Crippen molar-refractivity contribution in [3.63, 3.8) is 0 Å². The molecule has 6 heteroatoms. The molecule has 0 saturated carbocycles. The number of ether oxygens (including phenoxy) is 1. The molecule has 1 N–H and O–H groups in total. The minimum Gasteiger partial charge on any atom is -0.481 e. The first-order chi connectivity index (χ1) is 11.3. The third-order valence-electron chi connectivity index (χ3n) is 5.23. The molecule has 2 aliphatic rings. The van der Waals surface area contributed by atoms with Crippen LogP contribution in [0.15, 0.2) is 22.7 Å². The number of carbonyl (C=O) groups is 2. The minimum absolute atomic E-state index is 0.0216. The Morgan fingerprint density at radius 1 is 1.29 bits per heavy atom. The van der Waals surface area contributed by atoms with Crippen molar-refractivity contribution < 1.29 is 19.4 Å². The number of fused-ring (bicyclic) bond motifs is 1. The van der Waals surface area contributed by atoms with Gasteiger partial charge in [-0.15, -0.1) is 0 Å². The van der Waals surface area contributed by atoms with E-state index in [1.807, 2.05) is 18.2 Å². The van der Waals surface area contributed by atoms with Gasteiger partial charge in [0.2, 0.25) is 5.91 Å². The number of nitrogens with zero attached hydrogens (tertiary/aromatic N) is 1. The van der Waals surface area contributed by atoms with Gasteiger partial charge in [-0.05, 0) is 30.5 Å². The summed E-state index contributed by atoms with van der Waals surface area (Å²) in [5, 5.41) is 9.69. The van der Waals surface area contributed by atoms with E-state index < -0.39 is 11.4 Å². The molecule has 0 aliphatic carbocycles. The highest BCUT2D eigenvalue weighted by Gasteiger charge is 2.45. The van der Waals surface area contributed by atoms with Crippen LogP contribution in [-0.2, 0) is 19.7 Å². The van der Waals surface area contributed by atoms with Gasteiger partial charge in [0.05, 0.1) is 5.41 Å². The molecule has 24 heavy (non-hydrogen) atoms. The number of hydrogen-bond acceptors (Lipinski definition) is 3. The van der Waals surface area contributed by atoms with E-state index in [0.717, 1.165) is 15.7 Å². The number of anilines is 1. The monoisotopic (exact) mass is 395 g/mol. The summed E-state index contributed by atoms with van der Waals surface area (Å²) in [5.41, 5.74) is 0.855. The SMILES string of the molecule is CC1(C)CN(C(=O)CC2(C(=O)O)CCOCC2)c2cc(Br)ccc21. The number of amides is 1. The number of carboxylic acid groups (broad SMARTS) is 1. The third-order valence-corrected chi connectivity index (χ3v) is 5.72. The second-order valence-electron chi connectivity index (χ2n) is 7.40. The van der Waals surface area contributed by atoms with Gasteiger partial charge in [-0.3, -0.25) is 9.59 Å². The number of aliphatic carboxylic acids is 1. The van der Waals surface area contributed by atoms with Crippen LogP contribution in [0.25, 0.3) is 0 Å². The average Bonchev–Trinajstić information content (AvgIpc) is 2.79. The molecule has 0 aromatic heterocycles. The van der Waals surface area contributed by atoms with E-state index in [9.17, 15) is 14.7 Å². The lowest BCUT2D eigenvalue weighted by atomic mass is 9.77. The molecule has 1 aromatic carbocycles. The molecule has 130 valence electrons. The zero-order valence-electron chi connectivity index (χ0n) is 14.0. The summed E-state index contributed by atoms with van der Waals surface area (Å²) in [7, 11) is 0. The van der Waals surface area contributed by atoms with Crippen LogP contribution < -0.4 is 4.90 Å². The van der Waals surface area contributed by atoms with Crippen molar-refractivity contribution in [2.45, 2.75) is 38.5 Å². The number of halogens is 1. The van der Waals surface area contributed by atoms with Crippen LogP contribution in [0, 0.1) is 5.41 Å². The molecule has 1 saturated heterocycles. The summed E-state index contributed by atoms with van der Waals surface area (Å²) in [6, 6.07) is 5.96. The van der Waals surface area contributed by atoms with Crippen molar-refractivity contribution in [1.29, 1.82) is 0 Å².